The van der Waals surface area contributed by atoms with Crippen molar-refractivity contribution in [3.63, 3.8) is 0 Å². The minimum absolute atomic E-state index is 0. The highest BCUT2D eigenvalue weighted by Crippen LogP contribution is 2.12. The third-order valence-corrected chi connectivity index (χ3v) is 2.23. The second-order valence-electron chi connectivity index (χ2n) is 4.61. The molecule has 0 amide bonds. The summed E-state index contributed by atoms with van der Waals surface area (Å²) >= 11 is 0. The number of methoxy groups -OCH3 is 1. The van der Waals surface area contributed by atoms with E-state index in [1.54, 1.807) is 7.11 Å². The first-order valence-electron chi connectivity index (χ1n) is 4.95. The van der Waals surface area contributed by atoms with Crippen LogP contribution in [0.1, 0.15) is 5.56 Å². The summed E-state index contributed by atoms with van der Waals surface area (Å²) in [6.45, 7) is 1.16. The van der Waals surface area contributed by atoms with E-state index in [2.05, 4.69) is 33.3 Å². The van der Waals surface area contributed by atoms with Crippen LogP contribution < -0.4 is 17.1 Å². The highest BCUT2D eigenvalue weighted by atomic mass is 35.5. The van der Waals surface area contributed by atoms with Crippen molar-refractivity contribution in [3.8, 4) is 5.75 Å². The molecule has 0 saturated carbocycles. The van der Waals surface area contributed by atoms with E-state index < -0.39 is 0 Å². The smallest absolute Gasteiger partial charge is 0.118 e. The average molecular weight is 230 g/mol. The first kappa shape index (κ1) is 14.3. The Hall–Kier alpha value is -0.730. The highest BCUT2D eigenvalue weighted by molar-refractivity contribution is 5.27. The molecule has 0 aromatic heterocycles. The molecule has 0 aliphatic heterocycles. The summed E-state index contributed by atoms with van der Waals surface area (Å²) in [5, 5.41) is 0. The second kappa shape index (κ2) is 5.99. The van der Waals surface area contributed by atoms with E-state index in [1.807, 2.05) is 12.1 Å². The van der Waals surface area contributed by atoms with Crippen molar-refractivity contribution in [2.24, 2.45) is 0 Å². The van der Waals surface area contributed by atoms with E-state index in [0.717, 1.165) is 23.2 Å². The van der Waals surface area contributed by atoms with Crippen molar-refractivity contribution in [3.05, 3.63) is 29.8 Å². The molecule has 0 N–H and O–H groups in total. The maximum absolute atomic E-state index is 5.11. The third-order valence-electron chi connectivity index (χ3n) is 2.23. The van der Waals surface area contributed by atoms with Gasteiger partial charge in [-0.3, -0.25) is 0 Å². The summed E-state index contributed by atoms with van der Waals surface area (Å²) in [5.41, 5.74) is 1.37. The number of nitrogens with zero attached hydrogens (tertiary/aromatic N) is 1. The molecule has 0 aliphatic carbocycles. The molecule has 0 aliphatic rings. The zero-order valence-electron chi connectivity index (χ0n) is 9.96. The van der Waals surface area contributed by atoms with Gasteiger partial charge in [-0.2, -0.15) is 0 Å². The average Bonchev–Trinajstić information content (AvgIpc) is 2.14. The van der Waals surface area contributed by atoms with Gasteiger partial charge in [0.2, 0.25) is 0 Å². The molecule has 86 valence electrons. The Kier molecular flexibility index (Phi) is 5.69. The van der Waals surface area contributed by atoms with E-state index in [-0.39, 0.29) is 12.4 Å². The number of likely N-dealkylation sites (N-methyl/N-ethyl adjacent to an activating group) is 1. The number of rotatable bonds is 4. The van der Waals surface area contributed by atoms with E-state index in [1.165, 1.54) is 5.56 Å². The highest BCUT2D eigenvalue weighted by Gasteiger charge is 2.06. The fourth-order valence-corrected chi connectivity index (χ4v) is 1.26. The first-order chi connectivity index (χ1) is 6.51. The molecular weight excluding hydrogens is 210 g/mol. The van der Waals surface area contributed by atoms with E-state index in [4.69, 9.17) is 4.74 Å². The van der Waals surface area contributed by atoms with Crippen molar-refractivity contribution in [1.82, 2.24) is 0 Å². The topological polar surface area (TPSA) is 9.23 Å². The van der Waals surface area contributed by atoms with Crippen LogP contribution in [-0.2, 0) is 6.42 Å². The Balaban J connectivity index is 0.00000196. The summed E-state index contributed by atoms with van der Waals surface area (Å²) in [5.74, 6) is 0.930. The van der Waals surface area contributed by atoms with Crippen LogP contribution >= 0.6 is 0 Å². The molecule has 0 saturated heterocycles. The van der Waals surface area contributed by atoms with E-state index >= 15 is 0 Å². The lowest BCUT2D eigenvalue weighted by Crippen LogP contribution is -3.00. The van der Waals surface area contributed by atoms with Crippen LogP contribution in [0.2, 0.25) is 0 Å². The molecule has 0 bridgehead atoms. The fourth-order valence-electron chi connectivity index (χ4n) is 1.26. The van der Waals surface area contributed by atoms with Gasteiger partial charge in [-0.25, -0.2) is 0 Å². The number of benzene rings is 1. The lowest BCUT2D eigenvalue weighted by molar-refractivity contribution is -0.870. The molecule has 0 spiro atoms. The van der Waals surface area contributed by atoms with Gasteiger partial charge in [0.1, 0.15) is 5.75 Å². The van der Waals surface area contributed by atoms with Gasteiger partial charge in [0, 0.05) is 6.42 Å². The Labute approximate surface area is 98.9 Å². The fraction of sp³-hybridized carbons (Fsp3) is 0.500. The van der Waals surface area contributed by atoms with Gasteiger partial charge in [-0.1, -0.05) is 12.1 Å². The minimum atomic E-state index is 0. The summed E-state index contributed by atoms with van der Waals surface area (Å²) in [7, 11) is 8.33. The Bertz CT molecular complexity index is 277. The number of hydrogen-bond donors (Lipinski definition) is 0. The Morgan fingerprint density at radius 1 is 1.07 bits per heavy atom. The van der Waals surface area contributed by atoms with Gasteiger partial charge >= 0.3 is 0 Å². The van der Waals surface area contributed by atoms with Gasteiger partial charge in [0.15, 0.2) is 0 Å². The van der Waals surface area contributed by atoms with Crippen molar-refractivity contribution in [2.45, 2.75) is 6.42 Å². The lowest BCUT2D eigenvalue weighted by Gasteiger charge is -2.23. The maximum Gasteiger partial charge on any atom is 0.118 e. The van der Waals surface area contributed by atoms with Crippen molar-refractivity contribution >= 4 is 0 Å². The summed E-state index contributed by atoms with van der Waals surface area (Å²) in [6.07, 6.45) is 1.12. The number of ether oxygens (including phenoxy) is 1. The van der Waals surface area contributed by atoms with E-state index in [0.29, 0.717) is 0 Å². The predicted octanol–water partition coefficient (Wildman–Crippen LogP) is -1.05. The van der Waals surface area contributed by atoms with Crippen LogP contribution in [0.3, 0.4) is 0 Å². The normalized spacial score (nSPS) is 10.7. The van der Waals surface area contributed by atoms with Crippen LogP contribution in [-0.4, -0.2) is 39.3 Å². The molecule has 0 atom stereocenters. The molecule has 1 rings (SSSR count). The van der Waals surface area contributed by atoms with Gasteiger partial charge in [-0.15, -0.1) is 0 Å². The molecule has 0 heterocycles. The van der Waals surface area contributed by atoms with Crippen molar-refractivity contribution in [1.29, 1.82) is 0 Å². The van der Waals surface area contributed by atoms with Crippen LogP contribution in [0, 0.1) is 0 Å². The molecule has 3 heteroatoms. The van der Waals surface area contributed by atoms with Crippen molar-refractivity contribution in [2.75, 3.05) is 34.8 Å². The second-order valence-corrected chi connectivity index (χ2v) is 4.61. The minimum Gasteiger partial charge on any atom is -1.00 e. The SMILES string of the molecule is COc1ccc(CC[N+](C)(C)C)cc1.[Cl-]. The quantitative estimate of drug-likeness (QED) is 0.599. The molecular formula is C12H20ClNO. The van der Waals surface area contributed by atoms with Crippen LogP contribution in [0.4, 0.5) is 0 Å². The maximum atomic E-state index is 5.11. The van der Waals surface area contributed by atoms with Crippen LogP contribution in [0.5, 0.6) is 5.75 Å². The van der Waals surface area contributed by atoms with Crippen LogP contribution in [0.25, 0.3) is 0 Å². The molecule has 1 aromatic rings. The Morgan fingerprint density at radius 2 is 1.60 bits per heavy atom. The van der Waals surface area contributed by atoms with Crippen LogP contribution in [0.15, 0.2) is 24.3 Å². The zero-order valence-corrected chi connectivity index (χ0v) is 10.7. The van der Waals surface area contributed by atoms with E-state index in [9.17, 15) is 0 Å². The number of halogens is 1. The zero-order chi connectivity index (χ0) is 10.6. The number of quaternary nitrogens is 1. The molecule has 1 aromatic carbocycles. The number of hydrogen-bond acceptors (Lipinski definition) is 1. The summed E-state index contributed by atoms with van der Waals surface area (Å²) < 4.78 is 6.12. The molecule has 0 unspecified atom stereocenters. The van der Waals surface area contributed by atoms with Gasteiger partial charge < -0.3 is 21.6 Å². The summed E-state index contributed by atoms with van der Waals surface area (Å²) in [4.78, 5) is 0. The van der Waals surface area contributed by atoms with Gasteiger partial charge in [0.25, 0.3) is 0 Å². The standard InChI is InChI=1S/C12H20NO.ClH/c1-13(2,3)10-9-11-5-7-12(14-4)8-6-11;/h5-8H,9-10H2,1-4H3;1H/q+1;/p-1. The van der Waals surface area contributed by atoms with Gasteiger partial charge in [-0.05, 0) is 17.7 Å². The molecule has 15 heavy (non-hydrogen) atoms. The van der Waals surface area contributed by atoms with Gasteiger partial charge in [0.05, 0.1) is 34.8 Å². The summed E-state index contributed by atoms with van der Waals surface area (Å²) in [6, 6.07) is 8.30. The lowest BCUT2D eigenvalue weighted by atomic mass is 10.1. The monoisotopic (exact) mass is 229 g/mol. The molecule has 0 radical (unpaired) electrons. The molecule has 0 fully saturated rings. The first-order valence-corrected chi connectivity index (χ1v) is 4.95. The third kappa shape index (κ3) is 5.65. The largest absolute Gasteiger partial charge is 1.00 e. The predicted molar refractivity (Wildman–Crippen MR) is 59.6 cm³/mol. The van der Waals surface area contributed by atoms with Crippen molar-refractivity contribution < 1.29 is 21.6 Å². The Morgan fingerprint density at radius 3 is 2.00 bits per heavy atom. The molecule has 2 nitrogen and oxygen atoms in total.